The predicted molar refractivity (Wildman–Crippen MR) is 99.7 cm³/mol. The number of hydrazone groups is 1. The number of fused-ring (bicyclic) bond motifs is 1. The third-order valence-electron chi connectivity index (χ3n) is 4.44. The Morgan fingerprint density at radius 2 is 2.19 bits per heavy atom. The van der Waals surface area contributed by atoms with Crippen molar-refractivity contribution in [1.82, 2.24) is 9.55 Å². The van der Waals surface area contributed by atoms with Gasteiger partial charge in [0, 0.05) is 12.2 Å². The maximum atomic E-state index is 12.8. The maximum absolute atomic E-state index is 12.8. The molecule has 1 aliphatic heterocycles. The van der Waals surface area contributed by atoms with Crippen LogP contribution in [-0.4, -0.2) is 27.8 Å². The average Bonchev–Trinajstić information content (AvgIpc) is 2.62. The van der Waals surface area contributed by atoms with E-state index in [4.69, 9.17) is 4.74 Å². The number of ether oxygens (including phenoxy) is 1. The zero-order valence-corrected chi connectivity index (χ0v) is 15.2. The normalized spacial score (nSPS) is 17.7. The zero-order valence-electron chi connectivity index (χ0n) is 15.2. The number of hydrogen-bond acceptors (Lipinski definition) is 6. The molecule has 136 valence electrons. The van der Waals surface area contributed by atoms with Crippen LogP contribution in [0.5, 0.6) is 0 Å². The number of rotatable bonds is 4. The van der Waals surface area contributed by atoms with Crippen LogP contribution < -0.4 is 11.0 Å². The molecule has 0 bridgehead atoms. The predicted octanol–water partition coefficient (Wildman–Crippen LogP) is 2.90. The van der Waals surface area contributed by atoms with Gasteiger partial charge in [-0.05, 0) is 45.2 Å². The number of anilines is 1. The van der Waals surface area contributed by atoms with Crippen molar-refractivity contribution in [3.63, 3.8) is 0 Å². The first kappa shape index (κ1) is 17.8. The molecule has 26 heavy (non-hydrogen) atoms. The fourth-order valence-corrected chi connectivity index (χ4v) is 2.96. The largest absolute Gasteiger partial charge is 0.462 e. The van der Waals surface area contributed by atoms with Crippen LogP contribution in [0, 0.1) is 6.92 Å². The summed E-state index contributed by atoms with van der Waals surface area (Å²) in [6, 6.07) is 7.77. The lowest BCUT2D eigenvalue weighted by Gasteiger charge is -2.25. The Kier molecular flexibility index (Phi) is 5.16. The number of benzene rings is 1. The van der Waals surface area contributed by atoms with E-state index in [9.17, 15) is 9.59 Å². The maximum Gasteiger partial charge on any atom is 0.345 e. The van der Waals surface area contributed by atoms with Crippen LogP contribution in [0.4, 0.5) is 5.69 Å². The summed E-state index contributed by atoms with van der Waals surface area (Å²) in [5.74, 6) is -0.155. The molecule has 1 unspecified atom stereocenters. The number of carbonyl (C=O) groups excluding carboxylic acids is 1. The average molecular weight is 354 g/mol. The molecule has 0 saturated heterocycles. The van der Waals surface area contributed by atoms with E-state index in [2.05, 4.69) is 15.5 Å². The van der Waals surface area contributed by atoms with E-state index >= 15 is 0 Å². The van der Waals surface area contributed by atoms with Gasteiger partial charge in [0.1, 0.15) is 11.3 Å². The van der Waals surface area contributed by atoms with Crippen molar-refractivity contribution in [2.75, 3.05) is 12.0 Å². The van der Waals surface area contributed by atoms with Gasteiger partial charge in [0.2, 0.25) is 0 Å². The van der Waals surface area contributed by atoms with E-state index in [0.29, 0.717) is 18.0 Å². The molecule has 7 heteroatoms. The summed E-state index contributed by atoms with van der Waals surface area (Å²) in [7, 11) is 0. The van der Waals surface area contributed by atoms with Crippen LogP contribution in [0.15, 0.2) is 40.4 Å². The van der Waals surface area contributed by atoms with Crippen molar-refractivity contribution < 1.29 is 9.53 Å². The highest BCUT2D eigenvalue weighted by molar-refractivity contribution is 5.99. The summed E-state index contributed by atoms with van der Waals surface area (Å²) in [5, 5.41) is 4.47. The summed E-state index contributed by atoms with van der Waals surface area (Å²) in [6.45, 7) is 5.84. The molecular formula is C19H22N4O3. The molecule has 1 N–H and O–H groups in total. The van der Waals surface area contributed by atoms with E-state index in [0.717, 1.165) is 17.7 Å². The molecule has 3 rings (SSSR count). The molecule has 0 fully saturated rings. The van der Waals surface area contributed by atoms with Gasteiger partial charge >= 0.3 is 5.97 Å². The second-order valence-corrected chi connectivity index (χ2v) is 6.26. The van der Waals surface area contributed by atoms with Crippen molar-refractivity contribution in [2.24, 2.45) is 5.10 Å². The van der Waals surface area contributed by atoms with E-state index in [-0.39, 0.29) is 23.8 Å². The topological polar surface area (TPSA) is 85.6 Å². The van der Waals surface area contributed by atoms with Crippen molar-refractivity contribution in [2.45, 2.75) is 39.7 Å². The number of nitrogens with zero attached hydrogens (tertiary/aromatic N) is 3. The van der Waals surface area contributed by atoms with Gasteiger partial charge in [0.15, 0.2) is 5.82 Å². The number of nitrogens with one attached hydrogen (secondary N) is 1. The first-order valence-electron chi connectivity index (χ1n) is 8.70. The number of hydrogen-bond donors (Lipinski definition) is 1. The first-order valence-corrected chi connectivity index (χ1v) is 8.70. The van der Waals surface area contributed by atoms with Gasteiger partial charge in [-0.2, -0.15) is 5.10 Å². The highest BCUT2D eigenvalue weighted by atomic mass is 16.5. The summed E-state index contributed by atoms with van der Waals surface area (Å²) in [6.07, 6.45) is 2.73. The van der Waals surface area contributed by atoms with Gasteiger partial charge in [0.25, 0.3) is 5.56 Å². The van der Waals surface area contributed by atoms with Crippen molar-refractivity contribution >= 4 is 17.4 Å². The standard InChI is InChI=1S/C19H22N4O3/c1-4-26-19(25)14-11-20-17-16(10-9-13(3)23(17)18(14)24)22-21-15-8-6-5-7-12(15)2/h5-8,11,13,21H,4,9-10H2,1-3H3/b22-16+. The number of carbonyl (C=O) groups is 1. The first-order chi connectivity index (χ1) is 12.5. The lowest BCUT2D eigenvalue weighted by Crippen LogP contribution is -2.37. The van der Waals surface area contributed by atoms with E-state index in [1.54, 1.807) is 6.92 Å². The zero-order chi connectivity index (χ0) is 18.7. The van der Waals surface area contributed by atoms with Gasteiger partial charge < -0.3 is 4.74 Å². The number of esters is 1. The minimum Gasteiger partial charge on any atom is -0.462 e. The molecule has 7 nitrogen and oxygen atoms in total. The molecule has 1 aromatic heterocycles. The van der Waals surface area contributed by atoms with Crippen LogP contribution in [0.1, 0.15) is 54.5 Å². The molecule has 0 aliphatic carbocycles. The van der Waals surface area contributed by atoms with Crippen molar-refractivity contribution in [3.05, 3.63) is 57.8 Å². The highest BCUT2D eigenvalue weighted by Crippen LogP contribution is 2.22. The molecule has 2 aromatic rings. The van der Waals surface area contributed by atoms with E-state index in [1.165, 1.54) is 10.8 Å². The fraction of sp³-hybridized carbons (Fsp3) is 0.368. The van der Waals surface area contributed by atoms with Crippen molar-refractivity contribution in [1.29, 1.82) is 0 Å². The third kappa shape index (κ3) is 3.37. The van der Waals surface area contributed by atoms with Crippen LogP contribution >= 0.6 is 0 Å². The SMILES string of the molecule is CCOC(=O)c1cnc2n(c1=O)C(C)CC/C2=N\Nc1ccccc1C. The van der Waals surface area contributed by atoms with E-state index in [1.807, 2.05) is 38.1 Å². The molecule has 2 heterocycles. The van der Waals surface area contributed by atoms with Gasteiger partial charge in [-0.15, -0.1) is 0 Å². The Labute approximate surface area is 151 Å². The molecule has 0 spiro atoms. The van der Waals surface area contributed by atoms with Gasteiger partial charge in [-0.3, -0.25) is 14.8 Å². The van der Waals surface area contributed by atoms with E-state index < -0.39 is 5.97 Å². The highest BCUT2D eigenvalue weighted by Gasteiger charge is 2.27. The quantitative estimate of drug-likeness (QED) is 0.674. The molecule has 0 radical (unpaired) electrons. The monoisotopic (exact) mass is 354 g/mol. The van der Waals surface area contributed by atoms with Gasteiger partial charge in [-0.1, -0.05) is 18.2 Å². The van der Waals surface area contributed by atoms with Crippen LogP contribution in [0.25, 0.3) is 0 Å². The Hall–Kier alpha value is -2.96. The van der Waals surface area contributed by atoms with Crippen molar-refractivity contribution in [3.8, 4) is 0 Å². The second kappa shape index (κ2) is 7.51. The number of para-hydroxylation sites is 1. The second-order valence-electron chi connectivity index (χ2n) is 6.26. The summed E-state index contributed by atoms with van der Waals surface area (Å²) < 4.78 is 6.48. The molecule has 1 aromatic carbocycles. The third-order valence-corrected chi connectivity index (χ3v) is 4.44. The number of aryl methyl sites for hydroxylation is 1. The van der Waals surface area contributed by atoms with Gasteiger partial charge in [-0.25, -0.2) is 9.78 Å². The Morgan fingerprint density at radius 3 is 2.92 bits per heavy atom. The van der Waals surface area contributed by atoms with Crippen LogP contribution in [0.3, 0.4) is 0 Å². The molecule has 0 amide bonds. The smallest absolute Gasteiger partial charge is 0.345 e. The molecule has 1 aliphatic rings. The minimum atomic E-state index is -0.644. The number of aromatic nitrogens is 2. The Balaban J connectivity index is 1.99. The minimum absolute atomic E-state index is 0.0458. The Morgan fingerprint density at radius 1 is 1.42 bits per heavy atom. The van der Waals surface area contributed by atoms with Gasteiger partial charge in [0.05, 0.1) is 12.3 Å². The summed E-state index contributed by atoms with van der Waals surface area (Å²) in [4.78, 5) is 29.1. The Bertz CT molecular complexity index is 917. The van der Waals surface area contributed by atoms with Crippen LogP contribution in [0.2, 0.25) is 0 Å². The molecule has 1 atom stereocenters. The summed E-state index contributed by atoms with van der Waals surface area (Å²) in [5.41, 5.74) is 5.29. The molecule has 0 saturated carbocycles. The van der Waals surface area contributed by atoms with Crippen LogP contribution in [-0.2, 0) is 4.74 Å². The fourth-order valence-electron chi connectivity index (χ4n) is 2.96. The molecular weight excluding hydrogens is 332 g/mol. The lowest BCUT2D eigenvalue weighted by molar-refractivity contribution is 0.0522. The lowest BCUT2D eigenvalue weighted by atomic mass is 10.0. The summed E-state index contributed by atoms with van der Waals surface area (Å²) >= 11 is 0.